The van der Waals surface area contributed by atoms with Crippen molar-refractivity contribution in [2.75, 3.05) is 79.5 Å². The van der Waals surface area contributed by atoms with Crippen LogP contribution in [0.25, 0.3) is 0 Å². The van der Waals surface area contributed by atoms with Crippen LogP contribution in [0.5, 0.6) is 0 Å². The highest BCUT2D eigenvalue weighted by molar-refractivity contribution is 4.93. The van der Waals surface area contributed by atoms with Crippen LogP contribution >= 0.6 is 0 Å². The minimum atomic E-state index is 0.954. The Morgan fingerprint density at radius 3 is 1.71 bits per heavy atom. The molecule has 0 bridgehead atoms. The normalized spacial score (nSPS) is 42.6. The van der Waals surface area contributed by atoms with Crippen molar-refractivity contribution >= 4 is 0 Å². The Balaban J connectivity index is 1.22. The molecule has 0 amide bonds. The van der Waals surface area contributed by atoms with Crippen molar-refractivity contribution < 1.29 is 0 Å². The second-order valence-corrected chi connectivity index (χ2v) is 8.33. The summed E-state index contributed by atoms with van der Waals surface area (Å²) in [5.74, 6) is 3.87. The molecule has 0 N–H and O–H groups in total. The predicted octanol–water partition coefficient (Wildman–Crippen LogP) is 0.363. The zero-order valence-corrected chi connectivity index (χ0v) is 13.9. The van der Waals surface area contributed by atoms with Gasteiger partial charge in [-0.05, 0) is 50.7 Å². The summed E-state index contributed by atoms with van der Waals surface area (Å²) < 4.78 is 0. The second kappa shape index (κ2) is 5.80. The topological polar surface area (TPSA) is 13.0 Å². The lowest BCUT2D eigenvalue weighted by Crippen LogP contribution is -2.37. The van der Waals surface area contributed by atoms with Crippen LogP contribution in [0, 0.1) is 23.7 Å². The Labute approximate surface area is 130 Å². The molecule has 4 aliphatic rings. The highest BCUT2D eigenvalue weighted by atomic mass is 15.3. The standard InChI is InChI=1S/C17H32N4/c1-18-4-3-14-10-20(11-15(14)7-18)5-6-21-12-16-8-19(2)9-17(16)13-21/h14-17H,3-13H2,1-2H3. The second-order valence-electron chi connectivity index (χ2n) is 8.33. The third kappa shape index (κ3) is 3.00. The van der Waals surface area contributed by atoms with Gasteiger partial charge in [-0.1, -0.05) is 0 Å². The summed E-state index contributed by atoms with van der Waals surface area (Å²) >= 11 is 0. The molecule has 0 radical (unpaired) electrons. The molecule has 0 aliphatic carbocycles. The molecule has 4 heteroatoms. The van der Waals surface area contributed by atoms with Gasteiger partial charge >= 0.3 is 0 Å². The Morgan fingerprint density at radius 1 is 0.619 bits per heavy atom. The largest absolute Gasteiger partial charge is 0.306 e. The minimum absolute atomic E-state index is 0.954. The molecule has 0 aromatic heterocycles. The van der Waals surface area contributed by atoms with E-state index >= 15 is 0 Å². The lowest BCUT2D eigenvalue weighted by molar-refractivity contribution is 0.178. The van der Waals surface area contributed by atoms with Gasteiger partial charge in [0.2, 0.25) is 0 Å². The molecule has 4 aliphatic heterocycles. The third-order valence-electron chi connectivity index (χ3n) is 6.56. The summed E-state index contributed by atoms with van der Waals surface area (Å²) in [5, 5.41) is 0. The van der Waals surface area contributed by atoms with Crippen molar-refractivity contribution in [2.45, 2.75) is 6.42 Å². The maximum absolute atomic E-state index is 2.76. The molecule has 4 heterocycles. The summed E-state index contributed by atoms with van der Waals surface area (Å²) in [5.41, 5.74) is 0. The van der Waals surface area contributed by atoms with E-state index in [1.54, 1.807) is 0 Å². The van der Waals surface area contributed by atoms with Gasteiger partial charge in [0.25, 0.3) is 0 Å². The molecule has 4 nitrogen and oxygen atoms in total. The van der Waals surface area contributed by atoms with Crippen LogP contribution in [0.2, 0.25) is 0 Å². The van der Waals surface area contributed by atoms with E-state index in [0.29, 0.717) is 0 Å². The van der Waals surface area contributed by atoms with E-state index in [4.69, 9.17) is 0 Å². The van der Waals surface area contributed by atoms with Gasteiger partial charge in [0.1, 0.15) is 0 Å². The number of rotatable bonds is 3. The van der Waals surface area contributed by atoms with Crippen LogP contribution in [-0.2, 0) is 0 Å². The maximum Gasteiger partial charge on any atom is 0.0110 e. The number of hydrogen-bond acceptors (Lipinski definition) is 4. The van der Waals surface area contributed by atoms with Crippen LogP contribution in [0.3, 0.4) is 0 Å². The number of nitrogens with zero attached hydrogens (tertiary/aromatic N) is 4. The van der Waals surface area contributed by atoms with Crippen molar-refractivity contribution in [1.82, 2.24) is 19.6 Å². The molecule has 0 saturated carbocycles. The van der Waals surface area contributed by atoms with E-state index in [9.17, 15) is 0 Å². The first kappa shape index (κ1) is 14.4. The van der Waals surface area contributed by atoms with E-state index in [-0.39, 0.29) is 0 Å². The molecule has 4 unspecified atom stereocenters. The van der Waals surface area contributed by atoms with Gasteiger partial charge in [0.05, 0.1) is 0 Å². The van der Waals surface area contributed by atoms with Gasteiger partial charge in [-0.3, -0.25) is 0 Å². The Hall–Kier alpha value is -0.160. The first-order valence-corrected chi connectivity index (χ1v) is 8.99. The Kier molecular flexibility index (Phi) is 3.99. The first-order chi connectivity index (χ1) is 10.2. The monoisotopic (exact) mass is 292 g/mol. The molecule has 0 spiro atoms. The van der Waals surface area contributed by atoms with E-state index in [1.165, 1.54) is 71.9 Å². The highest BCUT2D eigenvalue weighted by Crippen LogP contribution is 2.32. The van der Waals surface area contributed by atoms with Crippen molar-refractivity contribution in [2.24, 2.45) is 23.7 Å². The summed E-state index contributed by atoms with van der Waals surface area (Å²) in [4.78, 5) is 10.6. The Bertz CT molecular complexity index is 360. The number of piperidine rings is 1. The van der Waals surface area contributed by atoms with Crippen LogP contribution in [-0.4, -0.2) is 99.1 Å². The van der Waals surface area contributed by atoms with Crippen LogP contribution in [0.15, 0.2) is 0 Å². The summed E-state index contributed by atoms with van der Waals surface area (Å²) in [7, 11) is 4.57. The highest BCUT2D eigenvalue weighted by Gasteiger charge is 2.39. The van der Waals surface area contributed by atoms with E-state index in [1.807, 2.05) is 0 Å². The molecule has 4 saturated heterocycles. The zero-order valence-electron chi connectivity index (χ0n) is 13.9. The van der Waals surface area contributed by atoms with Crippen LogP contribution < -0.4 is 0 Å². The minimum Gasteiger partial charge on any atom is -0.306 e. The number of likely N-dealkylation sites (tertiary alicyclic amines) is 4. The van der Waals surface area contributed by atoms with E-state index < -0.39 is 0 Å². The van der Waals surface area contributed by atoms with Gasteiger partial charge in [0, 0.05) is 58.9 Å². The fourth-order valence-corrected chi connectivity index (χ4v) is 5.42. The maximum atomic E-state index is 2.76. The third-order valence-corrected chi connectivity index (χ3v) is 6.56. The zero-order chi connectivity index (χ0) is 14.4. The van der Waals surface area contributed by atoms with Crippen LogP contribution in [0.1, 0.15) is 6.42 Å². The van der Waals surface area contributed by atoms with Gasteiger partial charge in [-0.15, -0.1) is 0 Å². The number of fused-ring (bicyclic) bond motifs is 2. The fraction of sp³-hybridized carbons (Fsp3) is 1.00. The quantitative estimate of drug-likeness (QED) is 0.745. The number of hydrogen-bond donors (Lipinski definition) is 0. The smallest absolute Gasteiger partial charge is 0.0110 e. The van der Waals surface area contributed by atoms with E-state index in [2.05, 4.69) is 33.7 Å². The Morgan fingerprint density at radius 2 is 1.10 bits per heavy atom. The molecule has 4 atom stereocenters. The molecule has 120 valence electrons. The van der Waals surface area contributed by atoms with Gasteiger partial charge in [-0.25, -0.2) is 0 Å². The molecule has 4 rings (SSSR count). The summed E-state index contributed by atoms with van der Waals surface area (Å²) in [6, 6.07) is 0. The van der Waals surface area contributed by atoms with E-state index in [0.717, 1.165) is 23.7 Å². The average molecular weight is 292 g/mol. The molecule has 4 fully saturated rings. The molecular weight excluding hydrogens is 260 g/mol. The lowest BCUT2D eigenvalue weighted by atomic mass is 9.89. The van der Waals surface area contributed by atoms with Crippen molar-refractivity contribution in [1.29, 1.82) is 0 Å². The molecule has 0 aromatic rings. The van der Waals surface area contributed by atoms with Crippen molar-refractivity contribution in [3.63, 3.8) is 0 Å². The predicted molar refractivity (Wildman–Crippen MR) is 86.5 cm³/mol. The molecule has 0 aromatic carbocycles. The van der Waals surface area contributed by atoms with Gasteiger partial charge in [0.15, 0.2) is 0 Å². The first-order valence-electron chi connectivity index (χ1n) is 8.99. The van der Waals surface area contributed by atoms with Crippen molar-refractivity contribution in [3.8, 4) is 0 Å². The molecular formula is C17H32N4. The lowest BCUT2D eigenvalue weighted by Gasteiger charge is -2.31. The molecule has 21 heavy (non-hydrogen) atoms. The fourth-order valence-electron chi connectivity index (χ4n) is 5.42. The van der Waals surface area contributed by atoms with Gasteiger partial charge in [-0.2, -0.15) is 0 Å². The van der Waals surface area contributed by atoms with Crippen LogP contribution in [0.4, 0.5) is 0 Å². The van der Waals surface area contributed by atoms with Gasteiger partial charge < -0.3 is 19.6 Å². The SMILES string of the molecule is CN1CCC2CN(CCN3CC4CN(C)CC4C3)CC2C1. The summed E-state index contributed by atoms with van der Waals surface area (Å²) in [6.45, 7) is 13.4. The summed E-state index contributed by atoms with van der Waals surface area (Å²) in [6.07, 6.45) is 1.43. The average Bonchev–Trinajstić information content (AvgIpc) is 3.07. The van der Waals surface area contributed by atoms with Crippen molar-refractivity contribution in [3.05, 3.63) is 0 Å².